The number of aryl methyl sites for hydroxylation is 1. The van der Waals surface area contributed by atoms with Crippen LogP contribution in [0.5, 0.6) is 0 Å². The molecular weight excluding hydrogens is 510 g/mol. The summed E-state index contributed by atoms with van der Waals surface area (Å²) in [5.74, 6) is -0.689. The summed E-state index contributed by atoms with van der Waals surface area (Å²) in [5.41, 5.74) is 2.30. The van der Waals surface area contributed by atoms with Crippen LogP contribution in [0.25, 0.3) is 0 Å². The molecule has 0 aliphatic heterocycles. The van der Waals surface area contributed by atoms with Crippen molar-refractivity contribution in [3.05, 3.63) is 96.1 Å². The van der Waals surface area contributed by atoms with Gasteiger partial charge in [0.2, 0.25) is 11.8 Å². The summed E-state index contributed by atoms with van der Waals surface area (Å²) < 4.78 is 29.0. The summed E-state index contributed by atoms with van der Waals surface area (Å²) >= 11 is 0. The summed E-state index contributed by atoms with van der Waals surface area (Å²) in [6.07, 6.45) is 2.91. The van der Waals surface area contributed by atoms with Crippen LogP contribution >= 0.6 is 0 Å². The largest absolute Gasteiger partial charge is 0.354 e. The Hall–Kier alpha value is -3.65. The van der Waals surface area contributed by atoms with Crippen LogP contribution in [-0.4, -0.2) is 50.8 Å². The molecule has 0 fully saturated rings. The number of para-hydroxylation sites is 1. The molecule has 1 atom stereocenters. The molecule has 208 valence electrons. The lowest BCUT2D eigenvalue weighted by Crippen LogP contribution is -2.52. The molecule has 7 nitrogen and oxygen atoms in total. The average Bonchev–Trinajstić information content (AvgIpc) is 2.96. The molecule has 0 bridgehead atoms. The monoisotopic (exact) mass is 549 g/mol. The van der Waals surface area contributed by atoms with Gasteiger partial charge in [-0.25, -0.2) is 8.42 Å². The number of carbonyl (C=O) groups excluding carboxylic acids is 2. The van der Waals surface area contributed by atoms with Gasteiger partial charge in [-0.05, 0) is 55.5 Å². The van der Waals surface area contributed by atoms with Crippen LogP contribution < -0.4 is 9.62 Å². The van der Waals surface area contributed by atoms with E-state index in [1.165, 1.54) is 21.3 Å². The summed E-state index contributed by atoms with van der Waals surface area (Å²) in [6.45, 7) is 6.07. The van der Waals surface area contributed by atoms with E-state index in [1.54, 1.807) is 37.3 Å². The zero-order chi connectivity index (χ0) is 28.3. The maximum Gasteiger partial charge on any atom is 0.264 e. The van der Waals surface area contributed by atoms with E-state index in [9.17, 15) is 18.0 Å². The maximum absolute atomic E-state index is 13.9. The summed E-state index contributed by atoms with van der Waals surface area (Å²) in [7, 11) is -4.06. The quantitative estimate of drug-likeness (QED) is 0.292. The SMILES string of the molecule is CCCCNC(=O)[C@H](C)N(CCc1ccccc1)C(=O)CN(c1ccccc1CC)S(=O)(=O)c1ccccc1. The van der Waals surface area contributed by atoms with Gasteiger partial charge in [0.05, 0.1) is 10.6 Å². The van der Waals surface area contributed by atoms with Crippen LogP contribution in [0.4, 0.5) is 5.69 Å². The Bertz CT molecular complexity index is 1310. The number of unbranched alkanes of at least 4 members (excludes halogenated alkanes) is 1. The van der Waals surface area contributed by atoms with Gasteiger partial charge in [-0.1, -0.05) is 87.0 Å². The number of anilines is 1. The molecule has 3 aromatic carbocycles. The van der Waals surface area contributed by atoms with E-state index in [-0.39, 0.29) is 17.3 Å². The van der Waals surface area contributed by atoms with Gasteiger partial charge < -0.3 is 10.2 Å². The second kappa shape index (κ2) is 14.5. The molecule has 0 aliphatic rings. The zero-order valence-corrected chi connectivity index (χ0v) is 23.9. The van der Waals surface area contributed by atoms with Gasteiger partial charge in [-0.15, -0.1) is 0 Å². The fourth-order valence-electron chi connectivity index (χ4n) is 4.39. The predicted molar refractivity (Wildman–Crippen MR) is 156 cm³/mol. The van der Waals surface area contributed by atoms with Gasteiger partial charge in [0.15, 0.2) is 0 Å². The van der Waals surface area contributed by atoms with E-state index < -0.39 is 28.5 Å². The minimum Gasteiger partial charge on any atom is -0.354 e. The lowest BCUT2D eigenvalue weighted by Gasteiger charge is -2.32. The van der Waals surface area contributed by atoms with Crippen molar-refractivity contribution < 1.29 is 18.0 Å². The van der Waals surface area contributed by atoms with Crippen LogP contribution in [0.15, 0.2) is 89.8 Å². The summed E-state index contributed by atoms with van der Waals surface area (Å²) in [5, 5.41) is 2.91. The van der Waals surface area contributed by atoms with Crippen LogP contribution in [0.1, 0.15) is 44.7 Å². The molecule has 0 heterocycles. The number of carbonyl (C=O) groups is 2. The number of nitrogens with zero attached hydrogens (tertiary/aromatic N) is 2. The molecule has 0 saturated carbocycles. The van der Waals surface area contributed by atoms with Crippen molar-refractivity contribution >= 4 is 27.5 Å². The van der Waals surface area contributed by atoms with E-state index in [0.717, 1.165) is 24.0 Å². The third-order valence-corrected chi connectivity index (χ3v) is 8.51. The number of benzene rings is 3. The Kier molecular flexibility index (Phi) is 11.1. The van der Waals surface area contributed by atoms with E-state index in [0.29, 0.717) is 25.1 Å². The highest BCUT2D eigenvalue weighted by molar-refractivity contribution is 7.92. The van der Waals surface area contributed by atoms with Crippen molar-refractivity contribution in [1.29, 1.82) is 0 Å². The summed E-state index contributed by atoms with van der Waals surface area (Å²) in [4.78, 5) is 28.6. The second-order valence-electron chi connectivity index (χ2n) is 9.45. The molecular formula is C31H39N3O4S. The van der Waals surface area contributed by atoms with Crippen LogP contribution in [0.2, 0.25) is 0 Å². The number of nitrogens with one attached hydrogen (secondary N) is 1. The number of hydrogen-bond donors (Lipinski definition) is 1. The Balaban J connectivity index is 1.97. The van der Waals surface area contributed by atoms with Crippen LogP contribution in [0.3, 0.4) is 0 Å². The number of amides is 2. The van der Waals surface area contributed by atoms with E-state index in [4.69, 9.17) is 0 Å². The fraction of sp³-hybridized carbons (Fsp3) is 0.355. The Morgan fingerprint density at radius 2 is 1.49 bits per heavy atom. The molecule has 8 heteroatoms. The normalized spacial score (nSPS) is 12.0. The molecule has 2 amide bonds. The van der Waals surface area contributed by atoms with Gasteiger partial charge in [-0.3, -0.25) is 13.9 Å². The van der Waals surface area contributed by atoms with Crippen molar-refractivity contribution in [3.63, 3.8) is 0 Å². The van der Waals surface area contributed by atoms with Gasteiger partial charge in [0.25, 0.3) is 10.0 Å². The molecule has 0 aromatic heterocycles. The zero-order valence-electron chi connectivity index (χ0n) is 23.0. The lowest BCUT2D eigenvalue weighted by atomic mass is 10.1. The standard InChI is InChI=1S/C31H39N3O4S/c1-4-6-22-32-31(36)25(3)33(23-21-26-15-9-7-10-16-26)30(35)24-34(29-20-14-13-17-27(29)5-2)39(37,38)28-18-11-8-12-19-28/h7-20,25H,4-6,21-24H2,1-3H3,(H,32,36)/t25-/m0/s1. The smallest absolute Gasteiger partial charge is 0.264 e. The Morgan fingerprint density at radius 1 is 0.872 bits per heavy atom. The molecule has 0 unspecified atom stereocenters. The number of rotatable bonds is 14. The highest BCUT2D eigenvalue weighted by atomic mass is 32.2. The lowest BCUT2D eigenvalue weighted by molar-refractivity contribution is -0.138. The minimum atomic E-state index is -4.06. The first-order valence-electron chi connectivity index (χ1n) is 13.6. The van der Waals surface area contributed by atoms with Gasteiger partial charge >= 0.3 is 0 Å². The number of sulfonamides is 1. The summed E-state index contributed by atoms with van der Waals surface area (Å²) in [6, 6.07) is 24.3. The average molecular weight is 550 g/mol. The first kappa shape index (κ1) is 29.9. The third-order valence-electron chi connectivity index (χ3n) is 6.73. The molecule has 0 aliphatic carbocycles. The van der Waals surface area contributed by atoms with Crippen LogP contribution in [-0.2, 0) is 32.5 Å². The molecule has 39 heavy (non-hydrogen) atoms. The molecule has 0 radical (unpaired) electrons. The van der Waals surface area contributed by atoms with Crippen molar-refractivity contribution in [2.75, 3.05) is 23.9 Å². The van der Waals surface area contributed by atoms with Gasteiger partial charge in [-0.2, -0.15) is 0 Å². The highest BCUT2D eigenvalue weighted by Crippen LogP contribution is 2.28. The molecule has 3 aromatic rings. The predicted octanol–water partition coefficient (Wildman–Crippen LogP) is 4.82. The second-order valence-corrected chi connectivity index (χ2v) is 11.3. The van der Waals surface area contributed by atoms with Gasteiger partial charge in [0, 0.05) is 13.1 Å². The molecule has 0 spiro atoms. The molecule has 3 rings (SSSR count). The van der Waals surface area contributed by atoms with Crippen molar-refractivity contribution in [2.45, 2.75) is 57.4 Å². The Labute approximate surface area is 232 Å². The van der Waals surface area contributed by atoms with E-state index in [1.807, 2.05) is 56.3 Å². The first-order valence-corrected chi connectivity index (χ1v) is 15.0. The van der Waals surface area contributed by atoms with Gasteiger partial charge in [0.1, 0.15) is 12.6 Å². The first-order chi connectivity index (χ1) is 18.8. The van der Waals surface area contributed by atoms with E-state index >= 15 is 0 Å². The van der Waals surface area contributed by atoms with E-state index in [2.05, 4.69) is 5.32 Å². The minimum absolute atomic E-state index is 0.102. The molecule has 0 saturated heterocycles. The Morgan fingerprint density at radius 3 is 2.13 bits per heavy atom. The highest BCUT2D eigenvalue weighted by Gasteiger charge is 2.32. The van der Waals surface area contributed by atoms with Crippen molar-refractivity contribution in [3.8, 4) is 0 Å². The topological polar surface area (TPSA) is 86.8 Å². The maximum atomic E-state index is 13.9. The van der Waals surface area contributed by atoms with Crippen LogP contribution in [0, 0.1) is 0 Å². The third kappa shape index (κ3) is 7.93. The number of hydrogen-bond acceptors (Lipinski definition) is 4. The van der Waals surface area contributed by atoms with Crippen molar-refractivity contribution in [1.82, 2.24) is 10.2 Å². The fourth-order valence-corrected chi connectivity index (χ4v) is 5.87. The molecule has 1 N–H and O–H groups in total. The van der Waals surface area contributed by atoms with Crippen molar-refractivity contribution in [2.24, 2.45) is 0 Å².